The Morgan fingerprint density at radius 3 is 1.54 bits per heavy atom. The Morgan fingerprint density at radius 2 is 1.19 bits per heavy atom. The van der Waals surface area contributed by atoms with Crippen LogP contribution in [0, 0.1) is 41.5 Å². The zero-order valence-corrected chi connectivity index (χ0v) is 31.2. The zero-order chi connectivity index (χ0) is 28.1. The topological polar surface area (TPSA) is 9.23 Å². The van der Waals surface area contributed by atoms with E-state index in [1.54, 1.807) is 4.50 Å². The first-order valence-electron chi connectivity index (χ1n) is 13.4. The minimum atomic E-state index is -1.41. The molecule has 1 nitrogen and oxygen atoms in total. The molecule has 3 aromatic rings. The maximum atomic E-state index is 6.95. The van der Waals surface area contributed by atoms with Gasteiger partial charge in [-0.05, 0) is 97.7 Å². The van der Waals surface area contributed by atoms with E-state index in [1.165, 1.54) is 48.6 Å². The first-order chi connectivity index (χ1) is 17.1. The molecule has 0 fully saturated rings. The third kappa shape index (κ3) is 9.64. The average molecular weight is 656 g/mol. The molecule has 3 rings (SSSR count). The van der Waals surface area contributed by atoms with Gasteiger partial charge in [0.2, 0.25) is 0 Å². The molecular weight excluding hydrogens is 607 g/mol. The third-order valence-corrected chi connectivity index (χ3v) is 13.8. The van der Waals surface area contributed by atoms with E-state index in [9.17, 15) is 0 Å². The molecule has 0 aliphatic carbocycles. The van der Waals surface area contributed by atoms with Crippen LogP contribution in [-0.2, 0) is 4.43 Å². The Labute approximate surface area is 241 Å². The van der Waals surface area contributed by atoms with Crippen LogP contribution in [0.1, 0.15) is 45.2 Å². The zero-order valence-electron chi connectivity index (χ0n) is 25.5. The average Bonchev–Trinajstić information content (AvgIpc) is 3.20. The molecule has 0 aliphatic heterocycles. The molecule has 0 saturated heterocycles. The minimum absolute atomic E-state index is 0.0385. The van der Waals surface area contributed by atoms with Crippen molar-refractivity contribution in [1.29, 1.82) is 0 Å². The molecule has 2 radical (unpaired) electrons. The van der Waals surface area contributed by atoms with Gasteiger partial charge < -0.3 is 4.43 Å². The molecule has 0 amide bonds. The summed E-state index contributed by atoms with van der Waals surface area (Å²) < 4.78 is 8.50. The van der Waals surface area contributed by atoms with Gasteiger partial charge in [-0.25, -0.2) is 0 Å². The van der Waals surface area contributed by atoms with E-state index in [1.807, 2.05) is 11.3 Å². The first-order valence-corrected chi connectivity index (χ1v) is 27.6. The van der Waals surface area contributed by atoms with Crippen LogP contribution in [0.25, 0.3) is 6.08 Å². The predicted molar refractivity (Wildman–Crippen MR) is 177 cm³/mol. The van der Waals surface area contributed by atoms with Crippen LogP contribution in [0.3, 0.4) is 0 Å². The van der Waals surface area contributed by atoms with Gasteiger partial charge in [0.1, 0.15) is 0 Å². The molecule has 37 heavy (non-hydrogen) atoms. The summed E-state index contributed by atoms with van der Waals surface area (Å²) in [5.41, 5.74) is 8.00. The fourth-order valence-electron chi connectivity index (χ4n) is 4.62. The molecule has 0 bridgehead atoms. The van der Waals surface area contributed by atoms with Gasteiger partial charge in [0, 0.05) is 4.88 Å². The van der Waals surface area contributed by atoms with Crippen LogP contribution in [-0.4, -0.2) is 43.0 Å². The van der Waals surface area contributed by atoms with Crippen LogP contribution < -0.4 is 14.9 Å². The molecule has 0 N–H and O–H groups in total. The Balaban J connectivity index is 0.00000112. The second kappa shape index (κ2) is 13.9. The van der Waals surface area contributed by atoms with Gasteiger partial charge in [0.05, 0.1) is 14.2 Å². The standard InChI is InChI=1S/C29H39OSSi2.3CH3.Sn/c1-19-15-21(3)28(22(4)16-19)32(29-23(5)17-20(2)18-24(29)6)30-25(7)11-12-26-13-14-27(31-26)33(8,9)10;;;;/h11-18,25H,1-10H3;3*1H3;/b12-11+;;;;. The summed E-state index contributed by atoms with van der Waals surface area (Å²) in [5, 5.41) is 2.80. The van der Waals surface area contributed by atoms with Crippen molar-refractivity contribution in [2.24, 2.45) is 0 Å². The Bertz CT molecular complexity index is 1110. The summed E-state index contributed by atoms with van der Waals surface area (Å²) in [6.45, 7) is 22.7. The summed E-state index contributed by atoms with van der Waals surface area (Å²) in [4.78, 5) is 8.41. The Morgan fingerprint density at radius 1 is 0.784 bits per heavy atom. The summed E-state index contributed by atoms with van der Waals surface area (Å²) in [6.07, 6.45) is 4.53. The summed E-state index contributed by atoms with van der Waals surface area (Å²) >= 11 is 1.39. The van der Waals surface area contributed by atoms with Gasteiger partial charge in [-0.1, -0.05) is 67.2 Å². The number of benzene rings is 2. The van der Waals surface area contributed by atoms with Crippen LogP contribution in [0.15, 0.2) is 42.5 Å². The van der Waals surface area contributed by atoms with Crippen molar-refractivity contribution < 1.29 is 4.43 Å². The van der Waals surface area contributed by atoms with Crippen molar-refractivity contribution in [3.63, 3.8) is 0 Å². The van der Waals surface area contributed by atoms with Crippen molar-refractivity contribution in [3.8, 4) is 0 Å². The van der Waals surface area contributed by atoms with E-state index >= 15 is 0 Å². The Hall–Kier alpha value is -0.928. The SMILES string of the molecule is Cc1cc(C)c([Si](OC(C)/C=C/c2ccc([Si](C)(C)C)s2)c2c(C)cc(C)cc2C)c(C)c1.[CH3][Sn]([CH3])[CH3]. The fourth-order valence-corrected chi connectivity index (χ4v) is 10.1. The van der Waals surface area contributed by atoms with Crippen molar-refractivity contribution in [2.75, 3.05) is 0 Å². The normalized spacial score (nSPS) is 12.8. The first kappa shape index (κ1) is 32.3. The van der Waals surface area contributed by atoms with E-state index in [4.69, 9.17) is 4.43 Å². The van der Waals surface area contributed by atoms with Crippen LogP contribution in [0.4, 0.5) is 0 Å². The molecule has 1 atom stereocenters. The van der Waals surface area contributed by atoms with E-state index in [-0.39, 0.29) is 6.10 Å². The van der Waals surface area contributed by atoms with E-state index in [2.05, 4.69) is 131 Å². The number of aryl methyl sites for hydroxylation is 6. The molecule has 0 aliphatic rings. The summed E-state index contributed by atoms with van der Waals surface area (Å²) in [7, 11) is -2.67. The van der Waals surface area contributed by atoms with Crippen LogP contribution in [0.5, 0.6) is 0 Å². The van der Waals surface area contributed by atoms with Crippen molar-refractivity contribution in [1.82, 2.24) is 0 Å². The van der Waals surface area contributed by atoms with Crippen molar-refractivity contribution >= 4 is 69.2 Å². The molecule has 5 heteroatoms. The maximum absolute atomic E-state index is 6.95. The molecule has 0 spiro atoms. The van der Waals surface area contributed by atoms with Crippen LogP contribution in [0.2, 0.25) is 34.5 Å². The number of hydrogen-bond acceptors (Lipinski definition) is 2. The van der Waals surface area contributed by atoms with E-state index in [0.717, 1.165) is 0 Å². The monoisotopic (exact) mass is 656 g/mol. The van der Waals surface area contributed by atoms with Gasteiger partial charge in [-0.15, -0.1) is 11.3 Å². The predicted octanol–water partition coefficient (Wildman–Crippen LogP) is 7.74. The van der Waals surface area contributed by atoms with Gasteiger partial charge in [0.15, 0.2) is 0 Å². The molecule has 0 saturated carbocycles. The Kier molecular flexibility index (Phi) is 12.2. The summed E-state index contributed by atoms with van der Waals surface area (Å²) in [6, 6.07) is 13.8. The van der Waals surface area contributed by atoms with Crippen LogP contribution >= 0.6 is 11.3 Å². The quantitative estimate of drug-likeness (QED) is 0.237. The number of hydrogen-bond donors (Lipinski definition) is 0. The van der Waals surface area contributed by atoms with Gasteiger partial charge in [-0.3, -0.25) is 0 Å². The molecule has 1 heterocycles. The van der Waals surface area contributed by atoms with E-state index < -0.39 is 36.9 Å². The third-order valence-electron chi connectivity index (χ3n) is 6.01. The summed E-state index contributed by atoms with van der Waals surface area (Å²) in [5.74, 6) is 0. The fraction of sp³-hybridized carbons (Fsp3) is 0.438. The van der Waals surface area contributed by atoms with Crippen molar-refractivity contribution in [3.05, 3.63) is 80.7 Å². The van der Waals surface area contributed by atoms with Gasteiger partial charge in [-0.2, -0.15) is 0 Å². The molecular formula is C32H48OSSi2Sn. The molecule has 200 valence electrons. The van der Waals surface area contributed by atoms with Gasteiger partial charge in [0.25, 0.3) is 9.04 Å². The number of thiophene rings is 1. The van der Waals surface area contributed by atoms with Gasteiger partial charge >= 0.3 is 34.6 Å². The molecule has 2 aromatic carbocycles. The molecule has 1 unspecified atom stereocenters. The van der Waals surface area contributed by atoms with E-state index in [0.29, 0.717) is 0 Å². The second-order valence-electron chi connectivity index (χ2n) is 12.0. The van der Waals surface area contributed by atoms with Crippen molar-refractivity contribution in [2.45, 2.75) is 89.0 Å². The molecule has 1 aromatic heterocycles. The number of rotatable bonds is 7. The second-order valence-corrected chi connectivity index (χ2v) is 29.0.